The second-order valence-corrected chi connectivity index (χ2v) is 7.02. The average Bonchev–Trinajstić information content (AvgIpc) is 2.74. The third-order valence-electron chi connectivity index (χ3n) is 3.01. The van der Waals surface area contributed by atoms with Crippen molar-refractivity contribution in [1.29, 1.82) is 0 Å². The molecule has 0 saturated carbocycles. The van der Waals surface area contributed by atoms with E-state index in [1.54, 1.807) is 11.3 Å². The van der Waals surface area contributed by atoms with Crippen LogP contribution in [0.25, 0.3) is 0 Å². The van der Waals surface area contributed by atoms with Gasteiger partial charge in [0.1, 0.15) is 0 Å². The van der Waals surface area contributed by atoms with Crippen LogP contribution in [-0.4, -0.2) is 22.9 Å². The van der Waals surface area contributed by atoms with E-state index in [1.165, 1.54) is 4.88 Å². The summed E-state index contributed by atoms with van der Waals surface area (Å²) in [5, 5.41) is 2.03. The van der Waals surface area contributed by atoms with Gasteiger partial charge in [0, 0.05) is 10.9 Å². The Morgan fingerprint density at radius 1 is 1.44 bits per heavy atom. The van der Waals surface area contributed by atoms with E-state index >= 15 is 0 Å². The van der Waals surface area contributed by atoms with Crippen molar-refractivity contribution >= 4 is 17.2 Å². The largest absolute Gasteiger partial charge is 0.334 e. The van der Waals surface area contributed by atoms with Crippen molar-refractivity contribution in [2.75, 3.05) is 0 Å². The van der Waals surface area contributed by atoms with Crippen LogP contribution in [-0.2, 0) is 11.3 Å². The molecule has 3 nitrogen and oxygen atoms in total. The van der Waals surface area contributed by atoms with Gasteiger partial charge in [0.25, 0.3) is 0 Å². The minimum atomic E-state index is -0.458. The summed E-state index contributed by atoms with van der Waals surface area (Å²) in [5.74, 6) is 0.0332. The van der Waals surface area contributed by atoms with Crippen LogP contribution in [0.2, 0.25) is 0 Å². The molecule has 0 aliphatic carbocycles. The van der Waals surface area contributed by atoms with E-state index in [0.717, 1.165) is 0 Å². The van der Waals surface area contributed by atoms with E-state index in [1.807, 2.05) is 51.0 Å². The van der Waals surface area contributed by atoms with Gasteiger partial charge < -0.3 is 10.6 Å². The molecule has 1 aromatic rings. The predicted molar refractivity (Wildman–Crippen MR) is 77.4 cm³/mol. The molecular weight excluding hydrogens is 244 g/mol. The lowest BCUT2D eigenvalue weighted by molar-refractivity contribution is -0.137. The predicted octanol–water partition coefficient (Wildman–Crippen LogP) is 2.86. The van der Waals surface area contributed by atoms with Gasteiger partial charge in [-0.2, -0.15) is 0 Å². The molecule has 0 aromatic carbocycles. The minimum absolute atomic E-state index is 0.0332. The van der Waals surface area contributed by atoms with Crippen LogP contribution in [0.3, 0.4) is 0 Å². The molecule has 0 aliphatic heterocycles. The first-order chi connectivity index (χ1) is 8.23. The van der Waals surface area contributed by atoms with Crippen molar-refractivity contribution in [3.05, 3.63) is 22.4 Å². The Bertz CT molecular complexity index is 379. The van der Waals surface area contributed by atoms with Crippen molar-refractivity contribution in [2.24, 2.45) is 11.1 Å². The summed E-state index contributed by atoms with van der Waals surface area (Å²) < 4.78 is 0. The van der Waals surface area contributed by atoms with Crippen LogP contribution in [0.15, 0.2) is 17.5 Å². The minimum Gasteiger partial charge on any atom is -0.334 e. The van der Waals surface area contributed by atoms with Gasteiger partial charge in [-0.25, -0.2) is 0 Å². The maximum absolute atomic E-state index is 12.5. The van der Waals surface area contributed by atoms with E-state index in [9.17, 15) is 4.79 Å². The van der Waals surface area contributed by atoms with Gasteiger partial charge in [-0.15, -0.1) is 11.3 Å². The number of amides is 1. The quantitative estimate of drug-likeness (QED) is 0.912. The maximum atomic E-state index is 12.5. The SMILES string of the molecule is CC(C)N(Cc1cccs1)C(=O)[C@H](N)C(C)(C)C. The molecule has 18 heavy (non-hydrogen) atoms. The molecule has 0 unspecified atom stereocenters. The lowest BCUT2D eigenvalue weighted by Crippen LogP contribution is -2.52. The van der Waals surface area contributed by atoms with E-state index in [4.69, 9.17) is 5.73 Å². The molecule has 0 spiro atoms. The number of hydrogen-bond acceptors (Lipinski definition) is 3. The Morgan fingerprint density at radius 3 is 2.44 bits per heavy atom. The Labute approximate surface area is 114 Å². The topological polar surface area (TPSA) is 46.3 Å². The van der Waals surface area contributed by atoms with E-state index in [-0.39, 0.29) is 17.4 Å². The van der Waals surface area contributed by atoms with Crippen molar-refractivity contribution < 1.29 is 4.79 Å². The fourth-order valence-corrected chi connectivity index (χ4v) is 2.34. The highest BCUT2D eigenvalue weighted by Crippen LogP contribution is 2.22. The summed E-state index contributed by atoms with van der Waals surface area (Å²) in [6.07, 6.45) is 0. The number of carbonyl (C=O) groups excluding carboxylic acids is 1. The van der Waals surface area contributed by atoms with E-state index in [2.05, 4.69) is 6.07 Å². The third kappa shape index (κ3) is 3.82. The smallest absolute Gasteiger partial charge is 0.240 e. The van der Waals surface area contributed by atoms with Crippen molar-refractivity contribution in [3.8, 4) is 0 Å². The molecule has 1 aromatic heterocycles. The van der Waals surface area contributed by atoms with E-state index in [0.29, 0.717) is 6.54 Å². The third-order valence-corrected chi connectivity index (χ3v) is 3.87. The monoisotopic (exact) mass is 268 g/mol. The molecule has 1 atom stereocenters. The Kier molecular flexibility index (Phi) is 4.93. The van der Waals surface area contributed by atoms with E-state index < -0.39 is 6.04 Å². The zero-order valence-corrected chi connectivity index (χ0v) is 12.8. The second-order valence-electron chi connectivity index (χ2n) is 5.98. The summed E-state index contributed by atoms with van der Waals surface area (Å²) in [4.78, 5) is 15.5. The number of carbonyl (C=O) groups is 1. The highest BCUT2D eigenvalue weighted by Gasteiger charge is 2.32. The number of rotatable bonds is 4. The molecule has 0 aliphatic rings. The Morgan fingerprint density at radius 2 is 2.06 bits per heavy atom. The number of nitrogens with two attached hydrogens (primary N) is 1. The van der Waals surface area contributed by atoms with Crippen LogP contribution in [0.1, 0.15) is 39.5 Å². The molecule has 1 amide bonds. The molecule has 0 fully saturated rings. The van der Waals surface area contributed by atoms with Gasteiger partial charge >= 0.3 is 0 Å². The molecular formula is C14H24N2OS. The molecule has 0 saturated heterocycles. The van der Waals surface area contributed by atoms with Gasteiger partial charge in [-0.1, -0.05) is 26.8 Å². The first kappa shape index (κ1) is 15.2. The second kappa shape index (κ2) is 5.85. The summed E-state index contributed by atoms with van der Waals surface area (Å²) >= 11 is 1.67. The van der Waals surface area contributed by atoms with Crippen LogP contribution in [0.5, 0.6) is 0 Å². The van der Waals surface area contributed by atoms with Crippen LogP contribution in [0, 0.1) is 5.41 Å². The fourth-order valence-electron chi connectivity index (χ4n) is 1.63. The normalized spacial score (nSPS) is 13.7. The molecule has 4 heteroatoms. The van der Waals surface area contributed by atoms with Gasteiger partial charge in [0.15, 0.2) is 0 Å². The van der Waals surface area contributed by atoms with Crippen LogP contribution in [0.4, 0.5) is 0 Å². The summed E-state index contributed by atoms with van der Waals surface area (Å²) in [6, 6.07) is 3.76. The van der Waals surface area contributed by atoms with Crippen molar-refractivity contribution in [2.45, 2.75) is 53.2 Å². The standard InChI is InChI=1S/C14H24N2OS/c1-10(2)16(9-11-7-6-8-18-11)13(17)12(15)14(3,4)5/h6-8,10,12H,9,15H2,1-5H3/t12-/m0/s1. The van der Waals surface area contributed by atoms with Gasteiger partial charge in [0.05, 0.1) is 12.6 Å². The van der Waals surface area contributed by atoms with Gasteiger partial charge in [-0.3, -0.25) is 4.79 Å². The Balaban J connectivity index is 2.82. The first-order valence-corrected chi connectivity index (χ1v) is 7.20. The van der Waals surface area contributed by atoms with Crippen molar-refractivity contribution in [3.63, 3.8) is 0 Å². The summed E-state index contributed by atoms with van der Waals surface area (Å²) in [6.45, 7) is 10.7. The first-order valence-electron chi connectivity index (χ1n) is 6.32. The molecule has 1 rings (SSSR count). The fraction of sp³-hybridized carbons (Fsp3) is 0.643. The summed E-state index contributed by atoms with van der Waals surface area (Å²) in [7, 11) is 0. The Hall–Kier alpha value is -0.870. The van der Waals surface area contributed by atoms with Crippen LogP contribution < -0.4 is 5.73 Å². The number of thiophene rings is 1. The van der Waals surface area contributed by atoms with Crippen LogP contribution >= 0.6 is 11.3 Å². The average molecular weight is 268 g/mol. The maximum Gasteiger partial charge on any atom is 0.240 e. The molecule has 0 bridgehead atoms. The molecule has 2 N–H and O–H groups in total. The highest BCUT2D eigenvalue weighted by atomic mass is 32.1. The lowest BCUT2D eigenvalue weighted by atomic mass is 9.86. The van der Waals surface area contributed by atoms with Gasteiger partial charge in [0.2, 0.25) is 5.91 Å². The zero-order chi connectivity index (χ0) is 13.9. The zero-order valence-electron chi connectivity index (χ0n) is 11.9. The number of nitrogens with zero attached hydrogens (tertiary/aromatic N) is 1. The van der Waals surface area contributed by atoms with Gasteiger partial charge in [-0.05, 0) is 30.7 Å². The number of hydrogen-bond donors (Lipinski definition) is 1. The molecule has 0 radical (unpaired) electrons. The molecule has 1 heterocycles. The van der Waals surface area contributed by atoms with Crippen molar-refractivity contribution in [1.82, 2.24) is 4.90 Å². The highest BCUT2D eigenvalue weighted by molar-refractivity contribution is 7.09. The lowest BCUT2D eigenvalue weighted by Gasteiger charge is -2.34. The molecule has 102 valence electrons. The summed E-state index contributed by atoms with van der Waals surface area (Å²) in [5.41, 5.74) is 5.87.